The summed E-state index contributed by atoms with van der Waals surface area (Å²) in [6.45, 7) is 7.13. The lowest BCUT2D eigenvalue weighted by molar-refractivity contribution is 0.222. The zero-order valence-electron chi connectivity index (χ0n) is 15.2. The van der Waals surface area contributed by atoms with Gasteiger partial charge in [-0.3, -0.25) is 0 Å². The highest BCUT2D eigenvalue weighted by atomic mass is 16.5. The van der Waals surface area contributed by atoms with Gasteiger partial charge in [0.15, 0.2) is 5.82 Å². The second kappa shape index (κ2) is 6.94. The fourth-order valence-corrected chi connectivity index (χ4v) is 3.62. The van der Waals surface area contributed by atoms with Crippen molar-refractivity contribution in [3.63, 3.8) is 0 Å². The maximum atomic E-state index is 12.3. The number of carbonyl (C=O) groups excluding carboxylic acids is 1. The second-order valence-corrected chi connectivity index (χ2v) is 8.22. The van der Waals surface area contributed by atoms with Gasteiger partial charge < -0.3 is 20.1 Å². The Kier molecular flexibility index (Phi) is 4.67. The van der Waals surface area contributed by atoms with Gasteiger partial charge in [-0.15, -0.1) is 0 Å². The zero-order valence-corrected chi connectivity index (χ0v) is 15.2. The Morgan fingerprint density at radius 2 is 2.08 bits per heavy atom. The van der Waals surface area contributed by atoms with Crippen molar-refractivity contribution >= 4 is 6.03 Å². The molecule has 2 aliphatic carbocycles. The lowest BCUT2D eigenvalue weighted by Gasteiger charge is -2.20. The first kappa shape index (κ1) is 16.8. The van der Waals surface area contributed by atoms with Crippen LogP contribution in [0.15, 0.2) is 4.52 Å². The Balaban J connectivity index is 1.26. The van der Waals surface area contributed by atoms with Crippen LogP contribution in [0.1, 0.15) is 69.6 Å². The van der Waals surface area contributed by atoms with Gasteiger partial charge in [-0.25, -0.2) is 4.79 Å². The zero-order chi connectivity index (χ0) is 17.4. The predicted molar refractivity (Wildman–Crippen MR) is 93.1 cm³/mol. The van der Waals surface area contributed by atoms with Crippen LogP contribution in [0.25, 0.3) is 0 Å². The smallest absolute Gasteiger partial charge is 0.315 e. The number of urea groups is 1. The highest BCUT2D eigenvalue weighted by molar-refractivity contribution is 5.74. The molecule has 0 radical (unpaired) electrons. The first-order valence-electron chi connectivity index (χ1n) is 9.72. The third-order valence-corrected chi connectivity index (χ3v) is 5.55. The number of rotatable bonds is 7. The van der Waals surface area contributed by atoms with Gasteiger partial charge in [0.05, 0.1) is 0 Å². The number of likely N-dealkylation sites (tertiary alicyclic amines) is 1. The van der Waals surface area contributed by atoms with E-state index in [4.69, 9.17) is 4.52 Å². The average molecular weight is 347 g/mol. The summed E-state index contributed by atoms with van der Waals surface area (Å²) in [5, 5.41) is 10.1. The number of hydrogen-bond donors (Lipinski definition) is 2. The van der Waals surface area contributed by atoms with Crippen molar-refractivity contribution in [1.29, 1.82) is 0 Å². The van der Waals surface area contributed by atoms with E-state index in [9.17, 15) is 4.79 Å². The van der Waals surface area contributed by atoms with E-state index in [-0.39, 0.29) is 18.0 Å². The van der Waals surface area contributed by atoms with Gasteiger partial charge in [0, 0.05) is 25.0 Å². The molecule has 1 aromatic heterocycles. The Morgan fingerprint density at radius 3 is 2.76 bits per heavy atom. The van der Waals surface area contributed by atoms with Gasteiger partial charge >= 0.3 is 6.03 Å². The van der Waals surface area contributed by atoms with Crippen molar-refractivity contribution in [3.05, 3.63) is 11.7 Å². The lowest BCUT2D eigenvalue weighted by Crippen LogP contribution is -2.42. The summed E-state index contributed by atoms with van der Waals surface area (Å²) in [7, 11) is 0. The minimum absolute atomic E-state index is 0.144. The molecule has 0 unspecified atom stereocenters. The monoisotopic (exact) mass is 347 g/mol. The first-order chi connectivity index (χ1) is 12.1. The molecule has 3 aliphatic rings. The number of nitrogens with zero attached hydrogens (tertiary/aromatic N) is 3. The fraction of sp³-hybridized carbons (Fsp3) is 0.833. The maximum absolute atomic E-state index is 12.3. The van der Waals surface area contributed by atoms with Crippen LogP contribution >= 0.6 is 0 Å². The number of hydrogen-bond acceptors (Lipinski definition) is 5. The molecule has 1 saturated heterocycles. The average Bonchev–Trinajstić information content (AvgIpc) is 3.52. The number of aromatic nitrogens is 2. The SMILES string of the molecule is CC(C)[C@@H](NC(=O)NC[C@H]1CCN(C2CC2)C1)c1nc(C2CC2)no1. The summed E-state index contributed by atoms with van der Waals surface area (Å²) in [6.07, 6.45) is 6.16. The fourth-order valence-electron chi connectivity index (χ4n) is 3.62. The largest absolute Gasteiger partial charge is 0.338 e. The summed E-state index contributed by atoms with van der Waals surface area (Å²) >= 11 is 0. The van der Waals surface area contributed by atoms with Gasteiger partial charge in [0.1, 0.15) is 6.04 Å². The Labute approximate surface area is 148 Å². The standard InChI is InChI=1S/C18H29N5O2/c1-11(2)15(17-21-16(22-25-17)13-3-4-13)20-18(24)19-9-12-7-8-23(10-12)14-5-6-14/h11-15H,3-10H2,1-2H3,(H2,19,20,24)/t12-,15-/m1/s1. The van der Waals surface area contributed by atoms with Crippen molar-refractivity contribution in [1.82, 2.24) is 25.7 Å². The third-order valence-electron chi connectivity index (χ3n) is 5.55. The summed E-state index contributed by atoms with van der Waals surface area (Å²) in [6, 6.07) is 0.434. The Hall–Kier alpha value is -1.63. The summed E-state index contributed by atoms with van der Waals surface area (Å²) in [5.41, 5.74) is 0. The van der Waals surface area contributed by atoms with E-state index >= 15 is 0 Å². The van der Waals surface area contributed by atoms with Crippen LogP contribution in [0, 0.1) is 11.8 Å². The molecule has 0 aromatic carbocycles. The van der Waals surface area contributed by atoms with Crippen molar-refractivity contribution in [2.75, 3.05) is 19.6 Å². The van der Waals surface area contributed by atoms with E-state index in [1.165, 1.54) is 25.8 Å². The van der Waals surface area contributed by atoms with Crippen LogP contribution in [0.4, 0.5) is 4.79 Å². The molecule has 2 N–H and O–H groups in total. The Morgan fingerprint density at radius 1 is 1.28 bits per heavy atom. The molecule has 1 aromatic rings. The highest BCUT2D eigenvalue weighted by Gasteiger charge is 2.35. The van der Waals surface area contributed by atoms with E-state index in [0.717, 1.165) is 37.8 Å². The quantitative estimate of drug-likeness (QED) is 0.791. The van der Waals surface area contributed by atoms with Gasteiger partial charge in [-0.2, -0.15) is 4.98 Å². The summed E-state index contributed by atoms with van der Waals surface area (Å²) in [4.78, 5) is 19.4. The van der Waals surface area contributed by atoms with Gasteiger partial charge in [0.25, 0.3) is 0 Å². The van der Waals surface area contributed by atoms with Crippen molar-refractivity contribution in [2.45, 2.75) is 64.0 Å². The van der Waals surface area contributed by atoms with Crippen LogP contribution in [-0.4, -0.2) is 46.7 Å². The van der Waals surface area contributed by atoms with Gasteiger partial charge in [-0.05, 0) is 50.5 Å². The van der Waals surface area contributed by atoms with Crippen LogP contribution in [0.5, 0.6) is 0 Å². The van der Waals surface area contributed by atoms with Crippen molar-refractivity contribution < 1.29 is 9.32 Å². The second-order valence-electron chi connectivity index (χ2n) is 8.22. The molecule has 7 heteroatoms. The van der Waals surface area contributed by atoms with Crippen molar-refractivity contribution in [3.8, 4) is 0 Å². The molecule has 25 heavy (non-hydrogen) atoms. The molecular weight excluding hydrogens is 318 g/mol. The number of nitrogens with one attached hydrogen (secondary N) is 2. The molecule has 0 bridgehead atoms. The van der Waals surface area contributed by atoms with Gasteiger partial charge in [-0.1, -0.05) is 19.0 Å². The molecule has 3 fully saturated rings. The normalized spacial score (nSPS) is 25.3. The molecule has 2 amide bonds. The van der Waals surface area contributed by atoms with E-state index in [1.807, 2.05) is 0 Å². The number of carbonyl (C=O) groups is 1. The molecule has 1 aliphatic heterocycles. The van der Waals surface area contributed by atoms with Crippen LogP contribution in [0.3, 0.4) is 0 Å². The topological polar surface area (TPSA) is 83.3 Å². The van der Waals surface area contributed by atoms with E-state index in [2.05, 4.69) is 39.5 Å². The number of amides is 2. The lowest BCUT2D eigenvalue weighted by atomic mass is 10.0. The van der Waals surface area contributed by atoms with Crippen LogP contribution in [0.2, 0.25) is 0 Å². The molecule has 0 spiro atoms. The summed E-state index contributed by atoms with van der Waals surface area (Å²) < 4.78 is 5.41. The Bertz CT molecular complexity index is 608. The van der Waals surface area contributed by atoms with E-state index in [0.29, 0.717) is 17.7 Å². The minimum atomic E-state index is -0.244. The van der Waals surface area contributed by atoms with Gasteiger partial charge in [0.2, 0.25) is 5.89 Å². The van der Waals surface area contributed by atoms with Crippen LogP contribution < -0.4 is 10.6 Å². The van der Waals surface area contributed by atoms with E-state index < -0.39 is 0 Å². The first-order valence-corrected chi connectivity index (χ1v) is 9.72. The maximum Gasteiger partial charge on any atom is 0.315 e. The summed E-state index contributed by atoms with van der Waals surface area (Å²) in [5.74, 6) is 2.52. The molecule has 2 saturated carbocycles. The molecular formula is C18H29N5O2. The molecule has 7 nitrogen and oxygen atoms in total. The highest BCUT2D eigenvalue weighted by Crippen LogP contribution is 2.38. The van der Waals surface area contributed by atoms with E-state index in [1.54, 1.807) is 0 Å². The van der Waals surface area contributed by atoms with Crippen LogP contribution in [-0.2, 0) is 0 Å². The molecule has 4 rings (SSSR count). The molecule has 2 atom stereocenters. The van der Waals surface area contributed by atoms with Crippen molar-refractivity contribution in [2.24, 2.45) is 11.8 Å². The molecule has 138 valence electrons. The minimum Gasteiger partial charge on any atom is -0.338 e. The predicted octanol–water partition coefficient (Wildman–Crippen LogP) is 2.43. The molecule has 2 heterocycles. The third kappa shape index (κ3) is 4.14.